The van der Waals surface area contributed by atoms with Crippen LogP contribution < -0.4 is 0 Å². The van der Waals surface area contributed by atoms with Crippen molar-refractivity contribution in [3.63, 3.8) is 0 Å². The Morgan fingerprint density at radius 2 is 1.74 bits per heavy atom. The molecule has 0 saturated heterocycles. The van der Waals surface area contributed by atoms with Crippen LogP contribution in [0.15, 0.2) is 0 Å². The second-order valence-corrected chi connectivity index (χ2v) is 5.63. The van der Waals surface area contributed by atoms with Gasteiger partial charge in [0, 0.05) is 12.3 Å². The highest BCUT2D eigenvalue weighted by Crippen LogP contribution is 2.47. The second kappa shape index (κ2) is 6.57. The van der Waals surface area contributed by atoms with Crippen molar-refractivity contribution in [1.29, 1.82) is 0 Å². The summed E-state index contributed by atoms with van der Waals surface area (Å²) in [6.45, 7) is 3.59. The molecule has 1 rings (SSSR count). The summed E-state index contributed by atoms with van der Waals surface area (Å²) in [5, 5.41) is 0. The van der Waals surface area contributed by atoms with Crippen LogP contribution >= 0.6 is 23.2 Å². The van der Waals surface area contributed by atoms with Gasteiger partial charge in [0.1, 0.15) is 0 Å². The van der Waals surface area contributed by atoms with Crippen molar-refractivity contribution in [1.82, 2.24) is 0 Å². The van der Waals surface area contributed by atoms with Gasteiger partial charge >= 0.3 is 11.9 Å². The molecule has 0 spiro atoms. The Kier molecular flexibility index (Phi) is 5.62. The Morgan fingerprint density at radius 3 is 2.05 bits per heavy atom. The summed E-state index contributed by atoms with van der Waals surface area (Å²) in [5.74, 6) is -3.18. The lowest BCUT2D eigenvalue weighted by Crippen LogP contribution is -2.49. The van der Waals surface area contributed by atoms with Crippen LogP contribution in [-0.2, 0) is 23.9 Å². The van der Waals surface area contributed by atoms with Crippen molar-refractivity contribution in [2.24, 2.45) is 11.8 Å². The molecule has 0 bridgehead atoms. The van der Waals surface area contributed by atoms with Gasteiger partial charge in [-0.3, -0.25) is 14.4 Å². The zero-order chi connectivity index (χ0) is 14.6. The number of hydrogen-bond acceptors (Lipinski definition) is 5. The Hall–Kier alpha value is -0.810. The van der Waals surface area contributed by atoms with Crippen LogP contribution in [0, 0.1) is 11.8 Å². The lowest BCUT2D eigenvalue weighted by molar-refractivity contribution is -0.163. The Balaban J connectivity index is 2.72. The first-order valence-corrected chi connectivity index (χ1v) is 6.84. The van der Waals surface area contributed by atoms with Crippen molar-refractivity contribution >= 4 is 40.9 Å². The average molecular weight is 311 g/mol. The third-order valence-corrected chi connectivity index (χ3v) is 4.02. The quantitative estimate of drug-likeness (QED) is 0.425. The van der Waals surface area contributed by atoms with E-state index in [9.17, 15) is 14.4 Å². The number of carbonyl (C=O) groups excluding carboxylic acids is 3. The fourth-order valence-electron chi connectivity index (χ4n) is 1.87. The highest BCUT2D eigenvalue weighted by molar-refractivity contribution is 6.60. The maximum atomic E-state index is 11.7. The first-order chi connectivity index (χ1) is 8.84. The van der Waals surface area contributed by atoms with Gasteiger partial charge in [0.15, 0.2) is 16.0 Å². The maximum absolute atomic E-state index is 11.7. The third kappa shape index (κ3) is 3.60. The van der Waals surface area contributed by atoms with Crippen LogP contribution in [0.4, 0.5) is 0 Å². The third-order valence-electron chi connectivity index (χ3n) is 2.98. The molecular weight excluding hydrogens is 295 g/mol. The summed E-state index contributed by atoms with van der Waals surface area (Å²) in [4.78, 5) is 34.7. The molecule has 0 N–H and O–H groups in total. The van der Waals surface area contributed by atoms with Crippen molar-refractivity contribution in [2.45, 2.75) is 31.0 Å². The molecule has 108 valence electrons. The van der Waals surface area contributed by atoms with Gasteiger partial charge in [-0.1, -0.05) is 23.2 Å². The van der Waals surface area contributed by atoms with Gasteiger partial charge < -0.3 is 9.47 Å². The number of ketones is 1. The number of halogens is 2. The summed E-state index contributed by atoms with van der Waals surface area (Å²) in [6, 6.07) is 0. The van der Waals surface area contributed by atoms with Crippen LogP contribution in [0.3, 0.4) is 0 Å². The standard InChI is InChI=1S/C12H16Cl2O5/c1-3-18-10(16)8(11(17)19-4-2)5-7-6-9(15)12(7,13)14/h7-8H,3-6H2,1-2H3. The molecule has 0 aromatic rings. The number of esters is 2. The van der Waals surface area contributed by atoms with E-state index in [0.717, 1.165) is 0 Å². The minimum Gasteiger partial charge on any atom is -0.465 e. The zero-order valence-corrected chi connectivity index (χ0v) is 12.3. The molecular formula is C12H16Cl2O5. The number of ether oxygens (including phenoxy) is 2. The van der Waals surface area contributed by atoms with Crippen molar-refractivity contribution < 1.29 is 23.9 Å². The lowest BCUT2D eigenvalue weighted by atomic mass is 9.76. The molecule has 1 aliphatic rings. The van der Waals surface area contributed by atoms with Gasteiger partial charge in [0.25, 0.3) is 0 Å². The van der Waals surface area contributed by atoms with Gasteiger partial charge in [-0.25, -0.2) is 0 Å². The summed E-state index contributed by atoms with van der Waals surface area (Å²) in [6.07, 6.45) is 0.207. The number of alkyl halides is 2. The molecule has 1 fully saturated rings. The summed E-state index contributed by atoms with van der Waals surface area (Å²) in [7, 11) is 0. The average Bonchev–Trinajstić information content (AvgIpc) is 2.34. The van der Waals surface area contributed by atoms with E-state index < -0.39 is 28.1 Å². The van der Waals surface area contributed by atoms with Crippen LogP contribution in [0.5, 0.6) is 0 Å². The first kappa shape index (κ1) is 16.2. The van der Waals surface area contributed by atoms with Crippen molar-refractivity contribution in [2.75, 3.05) is 13.2 Å². The van der Waals surface area contributed by atoms with E-state index in [1.54, 1.807) is 13.8 Å². The van der Waals surface area contributed by atoms with E-state index in [2.05, 4.69) is 0 Å². The summed E-state index contributed by atoms with van der Waals surface area (Å²) < 4.78 is 8.13. The normalized spacial score (nSPS) is 20.9. The van der Waals surface area contributed by atoms with Crippen LogP contribution in [0.2, 0.25) is 0 Å². The fourth-order valence-corrected chi connectivity index (χ4v) is 2.36. The molecule has 0 aromatic carbocycles. The largest absolute Gasteiger partial charge is 0.465 e. The molecule has 0 amide bonds. The van der Waals surface area contributed by atoms with Gasteiger partial charge in [-0.15, -0.1) is 0 Å². The minimum atomic E-state index is -1.52. The lowest BCUT2D eigenvalue weighted by Gasteiger charge is -2.38. The SMILES string of the molecule is CCOC(=O)C(CC1CC(=O)C1(Cl)Cl)C(=O)OCC. The first-order valence-electron chi connectivity index (χ1n) is 6.08. The number of carbonyl (C=O) groups is 3. The predicted octanol–water partition coefficient (Wildman–Crippen LogP) is 1.88. The molecule has 0 radical (unpaired) electrons. The van der Waals surface area contributed by atoms with Gasteiger partial charge in [0.2, 0.25) is 0 Å². The monoisotopic (exact) mass is 310 g/mol. The second-order valence-electron chi connectivity index (χ2n) is 4.24. The van der Waals surface area contributed by atoms with Crippen LogP contribution in [0.25, 0.3) is 0 Å². The Labute approximate surface area is 121 Å². The van der Waals surface area contributed by atoms with Crippen molar-refractivity contribution in [3.8, 4) is 0 Å². The molecule has 0 aromatic heterocycles. The molecule has 0 heterocycles. The van der Waals surface area contributed by atoms with Crippen LogP contribution in [-0.4, -0.2) is 35.3 Å². The molecule has 1 atom stereocenters. The summed E-state index contributed by atoms with van der Waals surface area (Å²) in [5.41, 5.74) is 0. The van der Waals surface area contributed by atoms with E-state index in [4.69, 9.17) is 32.7 Å². The maximum Gasteiger partial charge on any atom is 0.320 e. The predicted molar refractivity (Wildman–Crippen MR) is 68.9 cm³/mol. The summed E-state index contributed by atoms with van der Waals surface area (Å²) >= 11 is 11.7. The molecule has 7 heteroatoms. The van der Waals surface area contributed by atoms with Gasteiger partial charge in [-0.05, 0) is 20.3 Å². The van der Waals surface area contributed by atoms with Gasteiger partial charge in [0.05, 0.1) is 13.2 Å². The van der Waals surface area contributed by atoms with E-state index in [1.807, 2.05) is 0 Å². The van der Waals surface area contributed by atoms with E-state index in [1.165, 1.54) is 0 Å². The Morgan fingerprint density at radius 1 is 1.26 bits per heavy atom. The number of Topliss-reactive ketones (excluding diaryl/α,β-unsaturated/α-hetero) is 1. The molecule has 1 aliphatic carbocycles. The topological polar surface area (TPSA) is 69.7 Å². The van der Waals surface area contributed by atoms with Gasteiger partial charge in [-0.2, -0.15) is 0 Å². The smallest absolute Gasteiger partial charge is 0.320 e. The van der Waals surface area contributed by atoms with Crippen LogP contribution in [0.1, 0.15) is 26.7 Å². The van der Waals surface area contributed by atoms with E-state index in [0.29, 0.717) is 0 Å². The highest BCUT2D eigenvalue weighted by Gasteiger charge is 2.54. The number of rotatable bonds is 6. The highest BCUT2D eigenvalue weighted by atomic mass is 35.5. The number of hydrogen-bond donors (Lipinski definition) is 0. The molecule has 5 nitrogen and oxygen atoms in total. The molecule has 0 aliphatic heterocycles. The molecule has 19 heavy (non-hydrogen) atoms. The van der Waals surface area contributed by atoms with Crippen molar-refractivity contribution in [3.05, 3.63) is 0 Å². The van der Waals surface area contributed by atoms with E-state index >= 15 is 0 Å². The molecule has 1 saturated carbocycles. The molecule has 1 unspecified atom stereocenters. The zero-order valence-electron chi connectivity index (χ0n) is 10.8. The van der Waals surface area contributed by atoms with E-state index in [-0.39, 0.29) is 31.8 Å². The minimum absolute atomic E-state index is 0.0520. The fraction of sp³-hybridized carbons (Fsp3) is 0.750. The Bertz CT molecular complexity index is 362.